The molecule has 0 N–H and O–H groups in total. The zero-order valence-electron chi connectivity index (χ0n) is 21.9. The van der Waals surface area contributed by atoms with E-state index in [1.165, 1.54) is 121 Å². The Balaban J connectivity index is 1.16. The van der Waals surface area contributed by atoms with E-state index in [1.807, 2.05) is 35.1 Å². The predicted octanol–water partition coefficient (Wildman–Crippen LogP) is 10.9. The van der Waals surface area contributed by atoms with Crippen molar-refractivity contribution >= 4 is 33.2 Å². The van der Waals surface area contributed by atoms with Gasteiger partial charge in [-0.3, -0.25) is 4.57 Å². The van der Waals surface area contributed by atoms with Crippen molar-refractivity contribution < 1.29 is 0 Å². The van der Waals surface area contributed by atoms with Crippen molar-refractivity contribution in [2.24, 2.45) is 0 Å². The van der Waals surface area contributed by atoms with E-state index in [4.69, 9.17) is 11.6 Å². The highest BCUT2D eigenvalue weighted by atomic mass is 35.5. The molecule has 0 spiro atoms. The van der Waals surface area contributed by atoms with Crippen LogP contribution in [0.3, 0.4) is 0 Å². The summed E-state index contributed by atoms with van der Waals surface area (Å²) in [5, 5.41) is 10.8. The standard InChI is InChI=1S/C29H46ClN3S2/c1-2-3-4-5-6-7-8-9-10-11-12-13-14-15-16-17-24-34-35-29-32-31-28(33(29)27-22-23-27)25-18-20-26(30)21-19-25/h18-21,27H,2-17,22-24H2,1H3. The van der Waals surface area contributed by atoms with Crippen molar-refractivity contribution in [1.29, 1.82) is 0 Å². The van der Waals surface area contributed by atoms with E-state index in [9.17, 15) is 0 Å². The second-order valence-corrected chi connectivity index (χ2v) is 12.9. The molecule has 0 atom stereocenters. The highest BCUT2D eigenvalue weighted by Gasteiger charge is 2.30. The summed E-state index contributed by atoms with van der Waals surface area (Å²) >= 11 is 6.06. The van der Waals surface area contributed by atoms with Crippen molar-refractivity contribution in [1.82, 2.24) is 14.8 Å². The number of hydrogen-bond acceptors (Lipinski definition) is 4. The van der Waals surface area contributed by atoms with Crippen LogP contribution in [0.1, 0.15) is 129 Å². The van der Waals surface area contributed by atoms with Crippen LogP contribution in [-0.4, -0.2) is 20.5 Å². The molecule has 1 aliphatic carbocycles. The fourth-order valence-electron chi connectivity index (χ4n) is 4.59. The van der Waals surface area contributed by atoms with E-state index in [1.54, 1.807) is 10.8 Å². The van der Waals surface area contributed by atoms with E-state index < -0.39 is 0 Å². The van der Waals surface area contributed by atoms with Gasteiger partial charge in [0.15, 0.2) is 5.82 Å². The Labute approximate surface area is 227 Å². The van der Waals surface area contributed by atoms with E-state index in [0.717, 1.165) is 21.6 Å². The molecule has 1 aromatic carbocycles. The summed E-state index contributed by atoms with van der Waals surface area (Å²) in [5.74, 6) is 2.17. The number of nitrogens with zero attached hydrogens (tertiary/aromatic N) is 3. The highest BCUT2D eigenvalue weighted by Crippen LogP contribution is 2.43. The van der Waals surface area contributed by atoms with Gasteiger partial charge in [0.1, 0.15) is 0 Å². The van der Waals surface area contributed by atoms with Gasteiger partial charge in [0.25, 0.3) is 0 Å². The predicted molar refractivity (Wildman–Crippen MR) is 157 cm³/mol. The molecule has 3 nitrogen and oxygen atoms in total. The van der Waals surface area contributed by atoms with Crippen LogP contribution in [-0.2, 0) is 0 Å². The lowest BCUT2D eigenvalue weighted by Gasteiger charge is -2.08. The Bertz CT molecular complexity index is 805. The van der Waals surface area contributed by atoms with Gasteiger partial charge in [-0.25, -0.2) is 0 Å². The first-order valence-electron chi connectivity index (χ1n) is 14.3. The molecule has 1 fully saturated rings. The molecular weight excluding hydrogens is 490 g/mol. The summed E-state index contributed by atoms with van der Waals surface area (Å²) < 4.78 is 2.34. The topological polar surface area (TPSA) is 30.7 Å². The quantitative estimate of drug-likeness (QED) is 0.117. The molecule has 3 rings (SSSR count). The lowest BCUT2D eigenvalue weighted by atomic mass is 10.0. The first kappa shape index (κ1) is 28.9. The van der Waals surface area contributed by atoms with E-state index >= 15 is 0 Å². The molecular formula is C29H46ClN3S2. The maximum atomic E-state index is 6.06. The number of benzene rings is 1. The van der Waals surface area contributed by atoms with Crippen LogP contribution in [0.5, 0.6) is 0 Å². The fourth-order valence-corrected chi connectivity index (χ4v) is 6.88. The van der Waals surface area contributed by atoms with Crippen LogP contribution in [0.25, 0.3) is 11.4 Å². The minimum absolute atomic E-state index is 0.564. The van der Waals surface area contributed by atoms with Gasteiger partial charge in [-0.1, -0.05) is 126 Å². The van der Waals surface area contributed by atoms with Gasteiger partial charge in [0, 0.05) is 22.4 Å². The summed E-state index contributed by atoms with van der Waals surface area (Å²) in [6, 6.07) is 8.52. The normalized spacial score (nSPS) is 13.5. The number of hydrogen-bond donors (Lipinski definition) is 0. The average molecular weight is 536 g/mol. The van der Waals surface area contributed by atoms with Gasteiger partial charge in [0.05, 0.1) is 0 Å². The maximum absolute atomic E-state index is 6.06. The van der Waals surface area contributed by atoms with Gasteiger partial charge in [-0.15, -0.1) is 10.2 Å². The van der Waals surface area contributed by atoms with E-state index in [-0.39, 0.29) is 0 Å². The first-order valence-corrected chi connectivity index (χ1v) is 17.0. The fraction of sp³-hybridized carbons (Fsp3) is 0.724. The van der Waals surface area contributed by atoms with Crippen LogP contribution < -0.4 is 0 Å². The Morgan fingerprint density at radius 1 is 0.743 bits per heavy atom. The summed E-state index contributed by atoms with van der Waals surface area (Å²) in [6.45, 7) is 2.30. The molecule has 1 saturated carbocycles. The number of unbranched alkanes of at least 4 members (excludes halogenated alkanes) is 15. The molecule has 0 amide bonds. The van der Waals surface area contributed by atoms with Crippen molar-refractivity contribution in [3.8, 4) is 11.4 Å². The molecule has 0 saturated heterocycles. The van der Waals surface area contributed by atoms with Crippen molar-refractivity contribution in [3.63, 3.8) is 0 Å². The Hall–Kier alpha value is -0.650. The van der Waals surface area contributed by atoms with Gasteiger partial charge < -0.3 is 0 Å². The third-order valence-electron chi connectivity index (χ3n) is 6.89. The molecule has 1 aromatic heterocycles. The third kappa shape index (κ3) is 11.5. The Morgan fingerprint density at radius 2 is 1.26 bits per heavy atom. The largest absolute Gasteiger partial charge is 0.298 e. The molecule has 0 radical (unpaired) electrons. The second-order valence-electron chi connectivity index (χ2n) is 10.1. The smallest absolute Gasteiger partial charge is 0.202 e. The van der Waals surface area contributed by atoms with Crippen molar-refractivity contribution in [3.05, 3.63) is 29.3 Å². The first-order chi connectivity index (χ1) is 17.3. The van der Waals surface area contributed by atoms with E-state index in [2.05, 4.69) is 21.7 Å². The third-order valence-corrected chi connectivity index (χ3v) is 9.45. The molecule has 35 heavy (non-hydrogen) atoms. The van der Waals surface area contributed by atoms with Gasteiger partial charge in [0.2, 0.25) is 5.16 Å². The molecule has 0 aliphatic heterocycles. The lowest BCUT2D eigenvalue weighted by molar-refractivity contribution is 0.532. The summed E-state index contributed by atoms with van der Waals surface area (Å²) in [4.78, 5) is 0. The van der Waals surface area contributed by atoms with Crippen LogP contribution in [0.4, 0.5) is 0 Å². The van der Waals surface area contributed by atoms with Crippen LogP contribution in [0.15, 0.2) is 29.4 Å². The minimum atomic E-state index is 0.564. The summed E-state index contributed by atoms with van der Waals surface area (Å²) in [7, 11) is 3.74. The maximum Gasteiger partial charge on any atom is 0.202 e. The minimum Gasteiger partial charge on any atom is -0.298 e. The lowest BCUT2D eigenvalue weighted by Crippen LogP contribution is -1.99. The van der Waals surface area contributed by atoms with Crippen LogP contribution in [0, 0.1) is 0 Å². The van der Waals surface area contributed by atoms with Crippen LogP contribution >= 0.6 is 33.2 Å². The summed E-state index contributed by atoms with van der Waals surface area (Å²) in [6.07, 6.45) is 25.2. The van der Waals surface area contributed by atoms with Gasteiger partial charge >= 0.3 is 0 Å². The molecule has 0 bridgehead atoms. The Kier molecular flexibility index (Phi) is 14.7. The SMILES string of the molecule is CCCCCCCCCCCCCCCCCCSSc1nnc(-c2ccc(Cl)cc2)n1C1CC1. The zero-order chi connectivity index (χ0) is 24.6. The van der Waals surface area contributed by atoms with Crippen molar-refractivity contribution in [2.75, 3.05) is 5.75 Å². The average Bonchev–Trinajstić information content (AvgIpc) is 3.63. The molecule has 0 unspecified atom stereocenters. The molecule has 6 heteroatoms. The second kappa shape index (κ2) is 17.7. The monoisotopic (exact) mass is 535 g/mol. The van der Waals surface area contributed by atoms with Crippen molar-refractivity contribution in [2.45, 2.75) is 134 Å². The van der Waals surface area contributed by atoms with Crippen LogP contribution in [0.2, 0.25) is 5.02 Å². The zero-order valence-corrected chi connectivity index (χ0v) is 24.2. The van der Waals surface area contributed by atoms with Gasteiger partial charge in [-0.05, 0) is 54.3 Å². The van der Waals surface area contributed by atoms with E-state index in [0.29, 0.717) is 6.04 Å². The molecule has 2 aromatic rings. The number of halogens is 1. The highest BCUT2D eigenvalue weighted by molar-refractivity contribution is 8.76. The summed E-state index contributed by atoms with van der Waals surface area (Å²) in [5.41, 5.74) is 1.10. The Morgan fingerprint density at radius 3 is 1.77 bits per heavy atom. The molecule has 1 aliphatic rings. The molecule has 196 valence electrons. The number of rotatable bonds is 21. The molecule has 1 heterocycles. The number of aromatic nitrogens is 3. The van der Waals surface area contributed by atoms with Gasteiger partial charge in [-0.2, -0.15) is 0 Å².